The van der Waals surface area contributed by atoms with Crippen molar-refractivity contribution in [1.29, 1.82) is 0 Å². The molecule has 1 N–H and O–H groups in total. The van der Waals surface area contributed by atoms with E-state index in [0.29, 0.717) is 17.2 Å². The van der Waals surface area contributed by atoms with Gasteiger partial charge in [0.15, 0.2) is 0 Å². The van der Waals surface area contributed by atoms with Crippen molar-refractivity contribution in [3.05, 3.63) is 29.0 Å². The molecule has 0 saturated heterocycles. The van der Waals surface area contributed by atoms with E-state index in [1.807, 2.05) is 6.07 Å². The smallest absolute Gasteiger partial charge is 0.338 e. The van der Waals surface area contributed by atoms with E-state index in [1.54, 1.807) is 13.2 Å². The van der Waals surface area contributed by atoms with E-state index in [9.17, 15) is 4.79 Å². The average Bonchev–Trinajstić information content (AvgIpc) is 2.83. The van der Waals surface area contributed by atoms with E-state index < -0.39 is 0 Å². The van der Waals surface area contributed by atoms with Gasteiger partial charge in [-0.2, -0.15) is 0 Å². The summed E-state index contributed by atoms with van der Waals surface area (Å²) >= 11 is 0. The number of aromatic amines is 1. The third-order valence-corrected chi connectivity index (χ3v) is 4.15. The lowest BCUT2D eigenvalue weighted by Gasteiger charge is -2.18. The lowest BCUT2D eigenvalue weighted by Crippen LogP contribution is -2.10. The summed E-state index contributed by atoms with van der Waals surface area (Å²) in [4.78, 5) is 15.3. The van der Waals surface area contributed by atoms with Crippen LogP contribution in [-0.2, 0) is 17.6 Å². The highest BCUT2D eigenvalue weighted by Crippen LogP contribution is 2.36. The summed E-state index contributed by atoms with van der Waals surface area (Å²) in [5, 5.41) is 1.09. The fourth-order valence-corrected chi connectivity index (χ4v) is 3.06. The lowest BCUT2D eigenvalue weighted by molar-refractivity contribution is 0.0600. The summed E-state index contributed by atoms with van der Waals surface area (Å²) in [6.07, 6.45) is 3.30. The molecular formula is C16H19NO3. The number of ether oxygens (including phenoxy) is 2. The molecule has 4 heteroatoms. The maximum absolute atomic E-state index is 11.8. The molecule has 1 aromatic heterocycles. The van der Waals surface area contributed by atoms with E-state index in [2.05, 4.69) is 11.9 Å². The molecule has 1 atom stereocenters. The summed E-state index contributed by atoms with van der Waals surface area (Å²) in [5.74, 6) is 1.04. The number of methoxy groups -OCH3 is 2. The van der Waals surface area contributed by atoms with Crippen molar-refractivity contribution in [2.45, 2.75) is 26.2 Å². The summed E-state index contributed by atoms with van der Waals surface area (Å²) in [6, 6.07) is 3.65. The minimum absolute atomic E-state index is 0.330. The number of fused-ring (bicyclic) bond motifs is 3. The Morgan fingerprint density at radius 3 is 2.85 bits per heavy atom. The number of H-pyrrole nitrogens is 1. The molecule has 2 aromatic rings. The maximum Gasteiger partial charge on any atom is 0.338 e. The van der Waals surface area contributed by atoms with Gasteiger partial charge in [-0.05, 0) is 42.9 Å². The van der Waals surface area contributed by atoms with Gasteiger partial charge in [0.25, 0.3) is 0 Å². The van der Waals surface area contributed by atoms with Gasteiger partial charge in [-0.25, -0.2) is 4.79 Å². The van der Waals surface area contributed by atoms with E-state index in [4.69, 9.17) is 9.47 Å². The van der Waals surface area contributed by atoms with Crippen LogP contribution in [0.2, 0.25) is 0 Å². The number of aromatic nitrogens is 1. The molecule has 1 unspecified atom stereocenters. The average molecular weight is 273 g/mol. The van der Waals surface area contributed by atoms with E-state index in [1.165, 1.54) is 24.8 Å². The zero-order chi connectivity index (χ0) is 14.3. The molecule has 0 aliphatic heterocycles. The number of rotatable bonds is 2. The Bertz CT molecular complexity index is 672. The molecule has 1 aliphatic carbocycles. The van der Waals surface area contributed by atoms with E-state index >= 15 is 0 Å². The molecule has 3 rings (SSSR count). The second kappa shape index (κ2) is 4.85. The molecular weight excluding hydrogens is 254 g/mol. The van der Waals surface area contributed by atoms with Gasteiger partial charge in [0.05, 0.1) is 25.3 Å². The van der Waals surface area contributed by atoms with Crippen molar-refractivity contribution in [1.82, 2.24) is 4.98 Å². The number of benzene rings is 1. The number of nitrogens with one attached hydrogen (secondary N) is 1. The maximum atomic E-state index is 11.8. The molecule has 0 amide bonds. The Morgan fingerprint density at radius 1 is 1.35 bits per heavy atom. The molecule has 0 radical (unpaired) electrons. The van der Waals surface area contributed by atoms with Gasteiger partial charge < -0.3 is 14.5 Å². The number of aryl methyl sites for hydroxylation is 1. The first-order valence-corrected chi connectivity index (χ1v) is 6.93. The molecule has 1 aliphatic rings. The minimum Gasteiger partial charge on any atom is -0.495 e. The van der Waals surface area contributed by atoms with Crippen LogP contribution in [0.15, 0.2) is 12.1 Å². The van der Waals surface area contributed by atoms with E-state index in [0.717, 1.165) is 23.7 Å². The Morgan fingerprint density at radius 2 is 2.15 bits per heavy atom. The quantitative estimate of drug-likeness (QED) is 0.855. The van der Waals surface area contributed by atoms with Crippen molar-refractivity contribution in [2.24, 2.45) is 5.92 Å². The highest BCUT2D eigenvalue weighted by molar-refractivity contribution is 5.99. The monoisotopic (exact) mass is 273 g/mol. The number of carbonyl (C=O) groups excluding carboxylic acids is 1. The fourth-order valence-electron chi connectivity index (χ4n) is 3.06. The molecule has 1 heterocycles. The van der Waals surface area contributed by atoms with Crippen LogP contribution in [0.3, 0.4) is 0 Å². The predicted octanol–water partition coefficient (Wildman–Crippen LogP) is 3.09. The van der Waals surface area contributed by atoms with Crippen molar-refractivity contribution < 1.29 is 14.3 Å². The Kier molecular flexibility index (Phi) is 3.16. The fraction of sp³-hybridized carbons (Fsp3) is 0.438. The zero-order valence-electron chi connectivity index (χ0n) is 12.1. The molecule has 1 aromatic carbocycles. The first-order chi connectivity index (χ1) is 9.63. The van der Waals surface area contributed by atoms with Crippen LogP contribution in [0.1, 0.15) is 35.0 Å². The van der Waals surface area contributed by atoms with Crippen molar-refractivity contribution >= 4 is 16.9 Å². The largest absolute Gasteiger partial charge is 0.495 e. The third kappa shape index (κ3) is 1.96. The van der Waals surface area contributed by atoms with Gasteiger partial charge in [-0.3, -0.25) is 0 Å². The second-order valence-corrected chi connectivity index (χ2v) is 5.52. The lowest BCUT2D eigenvalue weighted by atomic mass is 9.87. The summed E-state index contributed by atoms with van der Waals surface area (Å²) < 4.78 is 10.3. The summed E-state index contributed by atoms with van der Waals surface area (Å²) in [7, 11) is 3.02. The molecule has 0 fully saturated rings. The van der Waals surface area contributed by atoms with Gasteiger partial charge in [0.1, 0.15) is 5.75 Å². The normalized spacial score (nSPS) is 17.9. The van der Waals surface area contributed by atoms with Crippen molar-refractivity contribution in [3.63, 3.8) is 0 Å². The topological polar surface area (TPSA) is 51.3 Å². The number of hydrogen-bond acceptors (Lipinski definition) is 3. The van der Waals surface area contributed by atoms with Gasteiger partial charge >= 0.3 is 5.97 Å². The predicted molar refractivity (Wildman–Crippen MR) is 77.4 cm³/mol. The second-order valence-electron chi connectivity index (χ2n) is 5.52. The minimum atomic E-state index is -0.330. The Balaban J connectivity index is 2.24. The Labute approximate surface area is 118 Å². The number of hydrogen-bond donors (Lipinski definition) is 1. The van der Waals surface area contributed by atoms with Crippen LogP contribution in [0.5, 0.6) is 5.75 Å². The zero-order valence-corrected chi connectivity index (χ0v) is 12.1. The molecule has 0 saturated carbocycles. The van der Waals surface area contributed by atoms with Crippen molar-refractivity contribution in [2.75, 3.05) is 14.2 Å². The molecule has 4 nitrogen and oxygen atoms in total. The molecule has 0 bridgehead atoms. The number of carbonyl (C=O) groups is 1. The van der Waals surface area contributed by atoms with Crippen LogP contribution < -0.4 is 4.74 Å². The molecule has 20 heavy (non-hydrogen) atoms. The molecule has 106 valence electrons. The summed E-state index contributed by atoms with van der Waals surface area (Å²) in [5.41, 5.74) is 4.12. The van der Waals surface area contributed by atoms with Gasteiger partial charge in [-0.15, -0.1) is 0 Å². The molecule has 0 spiro atoms. The van der Waals surface area contributed by atoms with Crippen LogP contribution in [0.25, 0.3) is 10.9 Å². The van der Waals surface area contributed by atoms with Crippen LogP contribution in [0.4, 0.5) is 0 Å². The van der Waals surface area contributed by atoms with E-state index in [-0.39, 0.29) is 5.97 Å². The highest BCUT2D eigenvalue weighted by Gasteiger charge is 2.22. The van der Waals surface area contributed by atoms with Crippen LogP contribution >= 0.6 is 0 Å². The summed E-state index contributed by atoms with van der Waals surface area (Å²) in [6.45, 7) is 2.27. The highest BCUT2D eigenvalue weighted by atomic mass is 16.5. The Hall–Kier alpha value is -1.97. The third-order valence-electron chi connectivity index (χ3n) is 4.15. The van der Waals surface area contributed by atoms with Gasteiger partial charge in [-0.1, -0.05) is 6.92 Å². The first-order valence-electron chi connectivity index (χ1n) is 6.93. The number of esters is 1. The first kappa shape index (κ1) is 13.0. The van der Waals surface area contributed by atoms with Crippen LogP contribution in [-0.4, -0.2) is 25.2 Å². The van der Waals surface area contributed by atoms with Crippen molar-refractivity contribution in [3.8, 4) is 5.75 Å². The standard InChI is InChI=1S/C16H19NO3/c1-9-4-5-13-11(6-9)12-7-10(16(18)20-3)8-14(19-2)15(12)17-13/h7-9,17H,4-6H2,1-3H3. The van der Waals surface area contributed by atoms with Gasteiger partial charge in [0.2, 0.25) is 0 Å². The SMILES string of the molecule is COC(=O)c1cc(OC)c2[nH]c3c(c2c1)CC(C)CC3. The van der Waals surface area contributed by atoms with Gasteiger partial charge in [0, 0.05) is 11.1 Å². The van der Waals surface area contributed by atoms with Crippen LogP contribution in [0, 0.1) is 5.92 Å².